The van der Waals surface area contributed by atoms with Gasteiger partial charge in [0.2, 0.25) is 5.91 Å². The first-order valence-electron chi connectivity index (χ1n) is 9.19. The highest BCUT2D eigenvalue weighted by Gasteiger charge is 2.17. The third kappa shape index (κ3) is 4.20. The van der Waals surface area contributed by atoms with Gasteiger partial charge in [-0.2, -0.15) is 0 Å². The molecule has 2 aromatic heterocycles. The lowest BCUT2D eigenvalue weighted by Gasteiger charge is -2.09. The smallest absolute Gasteiger partial charge is 0.278 e. The number of hydrogen-bond acceptors (Lipinski definition) is 6. The summed E-state index contributed by atoms with van der Waals surface area (Å²) >= 11 is 1.25. The first kappa shape index (κ1) is 19.7. The zero-order valence-electron chi connectivity index (χ0n) is 16.2. The summed E-state index contributed by atoms with van der Waals surface area (Å²) in [5.74, 6) is 0.750. The van der Waals surface area contributed by atoms with Gasteiger partial charge in [0.1, 0.15) is 5.75 Å². The Labute approximate surface area is 176 Å². The molecule has 0 atom stereocenters. The Morgan fingerprint density at radius 1 is 1.20 bits per heavy atom. The normalized spacial score (nSPS) is 10.8. The molecule has 8 nitrogen and oxygen atoms in total. The van der Waals surface area contributed by atoms with Gasteiger partial charge in [0.15, 0.2) is 16.3 Å². The van der Waals surface area contributed by atoms with Crippen molar-refractivity contribution in [3.05, 3.63) is 76.8 Å². The second-order valence-electron chi connectivity index (χ2n) is 6.39. The fourth-order valence-corrected chi connectivity index (χ4v) is 3.79. The maximum Gasteiger partial charge on any atom is 0.278 e. The number of aromatic amines is 1. The number of methoxy groups -OCH3 is 1. The lowest BCUT2D eigenvalue weighted by Crippen LogP contribution is -2.24. The number of rotatable bonds is 7. The van der Waals surface area contributed by atoms with Crippen molar-refractivity contribution in [2.45, 2.75) is 11.7 Å². The van der Waals surface area contributed by atoms with E-state index in [-0.39, 0.29) is 22.7 Å². The minimum atomic E-state index is -0.320. The van der Waals surface area contributed by atoms with Gasteiger partial charge in [-0.05, 0) is 29.8 Å². The molecule has 0 aliphatic carbocycles. The number of amides is 1. The number of imidazole rings is 1. The van der Waals surface area contributed by atoms with Crippen LogP contribution in [-0.4, -0.2) is 38.3 Å². The maximum atomic E-state index is 12.4. The summed E-state index contributed by atoms with van der Waals surface area (Å²) in [4.78, 5) is 35.8. The van der Waals surface area contributed by atoms with E-state index in [2.05, 4.69) is 20.3 Å². The van der Waals surface area contributed by atoms with Gasteiger partial charge in [-0.3, -0.25) is 14.2 Å². The number of fused-ring (bicyclic) bond motifs is 1. The molecule has 9 heteroatoms. The quantitative estimate of drug-likeness (QED) is 0.445. The summed E-state index contributed by atoms with van der Waals surface area (Å²) in [6.07, 6.45) is 1.35. The Morgan fingerprint density at radius 2 is 2.03 bits per heavy atom. The SMILES string of the molecule is COc1cccc(CNC(=O)CSc2nc3c(=O)[nH]cnc3n2-c2ccccc2)c1. The molecule has 2 aromatic carbocycles. The van der Waals surface area contributed by atoms with Gasteiger partial charge in [-0.25, -0.2) is 9.97 Å². The molecule has 0 bridgehead atoms. The van der Waals surface area contributed by atoms with Crippen molar-refractivity contribution in [1.82, 2.24) is 24.8 Å². The van der Waals surface area contributed by atoms with Crippen LogP contribution in [0.4, 0.5) is 0 Å². The minimum absolute atomic E-state index is 0.142. The molecular formula is C21H19N5O3S. The largest absolute Gasteiger partial charge is 0.497 e. The lowest BCUT2D eigenvalue weighted by molar-refractivity contribution is -0.118. The van der Waals surface area contributed by atoms with Crippen molar-refractivity contribution in [3.8, 4) is 11.4 Å². The van der Waals surface area contributed by atoms with E-state index >= 15 is 0 Å². The van der Waals surface area contributed by atoms with Gasteiger partial charge in [-0.1, -0.05) is 42.1 Å². The van der Waals surface area contributed by atoms with Crippen LogP contribution < -0.4 is 15.6 Å². The van der Waals surface area contributed by atoms with Crippen molar-refractivity contribution >= 4 is 28.8 Å². The van der Waals surface area contributed by atoms with Gasteiger partial charge in [0.25, 0.3) is 5.56 Å². The van der Waals surface area contributed by atoms with Crippen LogP contribution in [0.3, 0.4) is 0 Å². The highest BCUT2D eigenvalue weighted by Crippen LogP contribution is 2.25. The van der Waals surface area contributed by atoms with E-state index in [0.717, 1.165) is 17.0 Å². The van der Waals surface area contributed by atoms with E-state index in [1.807, 2.05) is 54.6 Å². The van der Waals surface area contributed by atoms with Crippen LogP contribution in [0.5, 0.6) is 5.75 Å². The Bertz CT molecular complexity index is 1240. The minimum Gasteiger partial charge on any atom is -0.497 e. The molecular weight excluding hydrogens is 402 g/mol. The average Bonchev–Trinajstić information content (AvgIpc) is 3.17. The number of nitrogens with zero attached hydrogens (tertiary/aromatic N) is 3. The Balaban J connectivity index is 1.51. The number of hydrogen-bond donors (Lipinski definition) is 2. The average molecular weight is 421 g/mol. The summed E-state index contributed by atoms with van der Waals surface area (Å²) in [7, 11) is 1.60. The van der Waals surface area contributed by atoms with E-state index in [9.17, 15) is 9.59 Å². The first-order valence-corrected chi connectivity index (χ1v) is 10.2. The molecule has 0 saturated carbocycles. The van der Waals surface area contributed by atoms with Gasteiger partial charge >= 0.3 is 0 Å². The fourth-order valence-electron chi connectivity index (χ4n) is 2.95. The number of carbonyl (C=O) groups excluding carboxylic acids is 1. The standard InChI is InChI=1S/C21H19N5O3S/c1-29-16-9-5-6-14(10-16)11-22-17(27)12-30-21-25-18-19(23-13-24-20(18)28)26(21)15-7-3-2-4-8-15/h2-10,13H,11-12H2,1H3,(H,22,27)(H,23,24,28). The molecule has 4 aromatic rings. The van der Waals surface area contributed by atoms with E-state index in [0.29, 0.717) is 17.3 Å². The van der Waals surface area contributed by atoms with E-state index in [1.54, 1.807) is 11.7 Å². The zero-order chi connectivity index (χ0) is 20.9. The first-order chi connectivity index (χ1) is 14.7. The third-order valence-corrected chi connectivity index (χ3v) is 5.33. The van der Waals surface area contributed by atoms with E-state index in [1.165, 1.54) is 18.1 Å². The molecule has 152 valence electrons. The molecule has 0 aliphatic heterocycles. The maximum absolute atomic E-state index is 12.4. The molecule has 0 aliphatic rings. The van der Waals surface area contributed by atoms with Crippen LogP contribution in [0.15, 0.2) is 70.9 Å². The van der Waals surface area contributed by atoms with Crippen LogP contribution >= 0.6 is 11.8 Å². The highest BCUT2D eigenvalue weighted by molar-refractivity contribution is 7.99. The van der Waals surface area contributed by atoms with Gasteiger partial charge in [0.05, 0.1) is 19.2 Å². The molecule has 0 spiro atoms. The molecule has 2 heterocycles. The number of para-hydroxylation sites is 1. The number of aromatic nitrogens is 4. The van der Waals surface area contributed by atoms with Crippen molar-refractivity contribution < 1.29 is 9.53 Å². The predicted octanol–water partition coefficient (Wildman–Crippen LogP) is 2.53. The second-order valence-corrected chi connectivity index (χ2v) is 7.33. The number of carbonyl (C=O) groups is 1. The van der Waals surface area contributed by atoms with Gasteiger partial charge in [-0.15, -0.1) is 0 Å². The number of H-pyrrole nitrogens is 1. The summed E-state index contributed by atoms with van der Waals surface area (Å²) in [5, 5.41) is 3.41. The predicted molar refractivity (Wildman–Crippen MR) is 115 cm³/mol. The molecule has 30 heavy (non-hydrogen) atoms. The van der Waals surface area contributed by atoms with Crippen LogP contribution in [0.1, 0.15) is 5.56 Å². The molecule has 0 saturated heterocycles. The van der Waals surface area contributed by atoms with Gasteiger partial charge < -0.3 is 15.0 Å². The van der Waals surface area contributed by atoms with E-state index < -0.39 is 0 Å². The number of thioether (sulfide) groups is 1. The summed E-state index contributed by atoms with van der Waals surface area (Å²) in [6, 6.07) is 17.0. The number of benzene rings is 2. The summed E-state index contributed by atoms with van der Waals surface area (Å²) in [5.41, 5.74) is 2.13. The van der Waals surface area contributed by atoms with Crippen molar-refractivity contribution in [2.75, 3.05) is 12.9 Å². The highest BCUT2D eigenvalue weighted by atomic mass is 32.2. The summed E-state index contributed by atoms with van der Waals surface area (Å²) in [6.45, 7) is 0.396. The number of ether oxygens (including phenoxy) is 1. The van der Waals surface area contributed by atoms with Crippen LogP contribution in [0.2, 0.25) is 0 Å². The monoisotopic (exact) mass is 421 g/mol. The Morgan fingerprint density at radius 3 is 2.83 bits per heavy atom. The van der Waals surface area contributed by atoms with E-state index in [4.69, 9.17) is 4.74 Å². The van der Waals surface area contributed by atoms with Crippen molar-refractivity contribution in [2.24, 2.45) is 0 Å². The van der Waals surface area contributed by atoms with Crippen LogP contribution in [0, 0.1) is 0 Å². The Kier molecular flexibility index (Phi) is 5.80. The van der Waals surface area contributed by atoms with Crippen LogP contribution in [0.25, 0.3) is 16.9 Å². The second kappa shape index (κ2) is 8.83. The molecule has 0 unspecified atom stereocenters. The molecule has 0 fully saturated rings. The third-order valence-electron chi connectivity index (χ3n) is 4.39. The van der Waals surface area contributed by atoms with Crippen molar-refractivity contribution in [1.29, 1.82) is 0 Å². The summed E-state index contributed by atoms with van der Waals surface area (Å²) < 4.78 is 6.98. The Hall–Kier alpha value is -3.59. The molecule has 2 N–H and O–H groups in total. The fraction of sp³-hybridized carbons (Fsp3) is 0.143. The topological polar surface area (TPSA) is 102 Å². The zero-order valence-corrected chi connectivity index (χ0v) is 17.0. The van der Waals surface area contributed by atoms with Crippen LogP contribution in [-0.2, 0) is 11.3 Å². The number of nitrogens with one attached hydrogen (secondary N) is 2. The molecule has 4 rings (SSSR count). The molecule has 0 radical (unpaired) electrons. The van der Waals surface area contributed by atoms with Crippen molar-refractivity contribution in [3.63, 3.8) is 0 Å². The van der Waals surface area contributed by atoms with Gasteiger partial charge in [0, 0.05) is 12.2 Å². The lowest BCUT2D eigenvalue weighted by atomic mass is 10.2. The molecule has 1 amide bonds.